The molecule has 0 atom stereocenters. The summed E-state index contributed by atoms with van der Waals surface area (Å²) in [5.74, 6) is -0.109. The minimum Gasteiger partial charge on any atom is -0.355 e. The van der Waals surface area contributed by atoms with E-state index in [0.29, 0.717) is 13.1 Å². The molecule has 0 aromatic carbocycles. The number of nitrogens with one attached hydrogen (secondary N) is 2. The maximum Gasteiger partial charge on any atom is 0.326 e. The van der Waals surface area contributed by atoms with E-state index >= 15 is 0 Å². The number of hydrogen-bond acceptors (Lipinski definition) is 3. The van der Waals surface area contributed by atoms with E-state index in [2.05, 4.69) is 15.6 Å². The number of imidazole rings is 1. The molecule has 1 heterocycles. The van der Waals surface area contributed by atoms with Crippen molar-refractivity contribution >= 4 is 11.9 Å². The van der Waals surface area contributed by atoms with Crippen LogP contribution in [-0.4, -0.2) is 34.6 Å². The smallest absolute Gasteiger partial charge is 0.326 e. The van der Waals surface area contributed by atoms with Crippen LogP contribution < -0.4 is 10.6 Å². The van der Waals surface area contributed by atoms with Crippen LogP contribution >= 0.6 is 0 Å². The Kier molecular flexibility index (Phi) is 3.66. The van der Waals surface area contributed by atoms with Gasteiger partial charge in [0.15, 0.2) is 0 Å². The van der Waals surface area contributed by atoms with Crippen LogP contribution in [0.1, 0.15) is 6.92 Å². The van der Waals surface area contributed by atoms with Gasteiger partial charge in [-0.2, -0.15) is 0 Å². The van der Waals surface area contributed by atoms with Gasteiger partial charge in [-0.1, -0.05) is 0 Å². The van der Waals surface area contributed by atoms with Gasteiger partial charge < -0.3 is 10.6 Å². The highest BCUT2D eigenvalue weighted by Gasteiger charge is 2.00. The molecule has 6 heteroatoms. The van der Waals surface area contributed by atoms with Crippen molar-refractivity contribution in [3.63, 3.8) is 0 Å². The third kappa shape index (κ3) is 3.26. The van der Waals surface area contributed by atoms with Crippen LogP contribution in [0.3, 0.4) is 0 Å². The second-order valence-corrected chi connectivity index (χ2v) is 2.68. The molecular formula is C8H12N4O2. The Morgan fingerprint density at radius 1 is 1.36 bits per heavy atom. The molecule has 1 aromatic rings. The first-order chi connectivity index (χ1) is 6.70. The van der Waals surface area contributed by atoms with Crippen LogP contribution in [0.4, 0.5) is 4.79 Å². The molecule has 14 heavy (non-hydrogen) atoms. The van der Waals surface area contributed by atoms with Gasteiger partial charge in [-0.25, -0.2) is 9.78 Å². The van der Waals surface area contributed by atoms with E-state index in [-0.39, 0.29) is 11.9 Å². The lowest BCUT2D eigenvalue weighted by Crippen LogP contribution is -2.35. The van der Waals surface area contributed by atoms with Crippen LogP contribution in [-0.2, 0) is 4.79 Å². The molecule has 1 rings (SSSR count). The molecule has 0 saturated heterocycles. The Morgan fingerprint density at radius 2 is 2.07 bits per heavy atom. The zero-order chi connectivity index (χ0) is 10.4. The summed E-state index contributed by atoms with van der Waals surface area (Å²) in [7, 11) is 0. The first-order valence-corrected chi connectivity index (χ1v) is 4.21. The van der Waals surface area contributed by atoms with Crippen LogP contribution in [0.5, 0.6) is 0 Å². The Morgan fingerprint density at radius 3 is 2.64 bits per heavy atom. The zero-order valence-corrected chi connectivity index (χ0v) is 7.86. The summed E-state index contributed by atoms with van der Waals surface area (Å²) in [4.78, 5) is 25.5. The summed E-state index contributed by atoms with van der Waals surface area (Å²) in [5, 5.41) is 5.18. The van der Waals surface area contributed by atoms with Gasteiger partial charge in [0.2, 0.25) is 5.91 Å². The molecule has 0 spiro atoms. The van der Waals surface area contributed by atoms with Crippen molar-refractivity contribution in [3.8, 4) is 0 Å². The van der Waals surface area contributed by atoms with Crippen molar-refractivity contribution in [1.82, 2.24) is 20.2 Å². The fraction of sp³-hybridized carbons (Fsp3) is 0.375. The van der Waals surface area contributed by atoms with Crippen LogP contribution in [0.25, 0.3) is 0 Å². The first-order valence-electron chi connectivity index (χ1n) is 4.21. The number of nitrogens with zero attached hydrogens (tertiary/aromatic N) is 2. The Hall–Kier alpha value is -1.85. The molecule has 76 valence electrons. The lowest BCUT2D eigenvalue weighted by molar-refractivity contribution is -0.118. The molecule has 0 radical (unpaired) electrons. The van der Waals surface area contributed by atoms with E-state index in [1.165, 1.54) is 24.0 Å². The minimum absolute atomic E-state index is 0.109. The highest BCUT2D eigenvalue weighted by Crippen LogP contribution is 1.83. The van der Waals surface area contributed by atoms with E-state index < -0.39 is 0 Å². The van der Waals surface area contributed by atoms with Gasteiger partial charge in [0.25, 0.3) is 0 Å². The van der Waals surface area contributed by atoms with E-state index in [1.54, 1.807) is 6.20 Å². The minimum atomic E-state index is -0.257. The summed E-state index contributed by atoms with van der Waals surface area (Å²) in [5.41, 5.74) is 0. The number of amides is 2. The maximum absolute atomic E-state index is 11.2. The fourth-order valence-corrected chi connectivity index (χ4v) is 0.879. The second-order valence-electron chi connectivity index (χ2n) is 2.68. The van der Waals surface area contributed by atoms with Crippen molar-refractivity contribution < 1.29 is 9.59 Å². The Labute approximate surface area is 81.3 Å². The predicted molar refractivity (Wildman–Crippen MR) is 49.7 cm³/mol. The van der Waals surface area contributed by atoms with Gasteiger partial charge in [-0.05, 0) is 0 Å². The van der Waals surface area contributed by atoms with Crippen LogP contribution in [0, 0.1) is 0 Å². The third-order valence-electron chi connectivity index (χ3n) is 1.51. The quantitative estimate of drug-likeness (QED) is 0.644. The molecule has 6 nitrogen and oxygen atoms in total. The number of carbonyl (C=O) groups is 2. The van der Waals surface area contributed by atoms with E-state index in [1.807, 2.05) is 0 Å². The fourth-order valence-electron chi connectivity index (χ4n) is 0.879. The van der Waals surface area contributed by atoms with Gasteiger partial charge >= 0.3 is 6.03 Å². The van der Waals surface area contributed by atoms with Crippen molar-refractivity contribution in [1.29, 1.82) is 0 Å². The zero-order valence-electron chi connectivity index (χ0n) is 7.86. The standard InChI is InChI=1S/C8H12N4O2/c1-7(13)10-2-3-11-8(14)12-5-4-9-6-12/h4-6H,2-3H2,1H3,(H,10,13)(H,11,14). The summed E-state index contributed by atoms with van der Waals surface area (Å²) in [6, 6.07) is -0.257. The lowest BCUT2D eigenvalue weighted by atomic mass is 10.6. The number of rotatable bonds is 3. The van der Waals surface area contributed by atoms with Crippen molar-refractivity contribution in [2.45, 2.75) is 6.92 Å². The largest absolute Gasteiger partial charge is 0.355 e. The molecule has 0 unspecified atom stereocenters. The van der Waals surface area contributed by atoms with Crippen molar-refractivity contribution in [3.05, 3.63) is 18.7 Å². The summed E-state index contributed by atoms with van der Waals surface area (Å²) in [6.07, 6.45) is 4.48. The van der Waals surface area contributed by atoms with E-state index in [9.17, 15) is 9.59 Å². The second kappa shape index (κ2) is 5.00. The monoisotopic (exact) mass is 196 g/mol. The molecule has 0 fully saturated rings. The average molecular weight is 196 g/mol. The molecule has 0 bridgehead atoms. The Bertz CT molecular complexity index is 307. The predicted octanol–water partition coefficient (Wildman–Crippen LogP) is -0.423. The number of hydrogen-bond donors (Lipinski definition) is 2. The summed E-state index contributed by atoms with van der Waals surface area (Å²) >= 11 is 0. The average Bonchev–Trinajstić information content (AvgIpc) is 2.64. The maximum atomic E-state index is 11.2. The molecule has 2 N–H and O–H groups in total. The van der Waals surface area contributed by atoms with Gasteiger partial charge in [0.05, 0.1) is 0 Å². The van der Waals surface area contributed by atoms with Gasteiger partial charge in [0.1, 0.15) is 6.33 Å². The molecule has 0 aliphatic rings. The summed E-state index contributed by atoms with van der Waals surface area (Å²) in [6.45, 7) is 2.25. The Balaban J connectivity index is 2.19. The lowest BCUT2D eigenvalue weighted by Gasteiger charge is -2.04. The first kappa shape index (κ1) is 10.2. The SMILES string of the molecule is CC(=O)NCCNC(=O)n1ccnc1. The number of carbonyl (C=O) groups excluding carboxylic acids is 2. The van der Waals surface area contributed by atoms with Crippen molar-refractivity contribution in [2.75, 3.05) is 13.1 Å². The van der Waals surface area contributed by atoms with E-state index in [0.717, 1.165) is 0 Å². The molecule has 1 aromatic heterocycles. The van der Waals surface area contributed by atoms with Gasteiger partial charge in [-0.15, -0.1) is 0 Å². The normalized spacial score (nSPS) is 9.50. The molecule has 0 aliphatic heterocycles. The molecule has 0 saturated carbocycles. The van der Waals surface area contributed by atoms with Crippen molar-refractivity contribution in [2.24, 2.45) is 0 Å². The summed E-state index contributed by atoms with van der Waals surface area (Å²) < 4.78 is 1.33. The highest BCUT2D eigenvalue weighted by atomic mass is 16.2. The van der Waals surface area contributed by atoms with Gasteiger partial charge in [0, 0.05) is 32.4 Å². The van der Waals surface area contributed by atoms with E-state index in [4.69, 9.17) is 0 Å². The molecular weight excluding hydrogens is 184 g/mol. The number of aromatic nitrogens is 2. The molecule has 2 amide bonds. The topological polar surface area (TPSA) is 76.0 Å². The van der Waals surface area contributed by atoms with Crippen LogP contribution in [0.2, 0.25) is 0 Å². The highest BCUT2D eigenvalue weighted by molar-refractivity contribution is 5.76. The van der Waals surface area contributed by atoms with Gasteiger partial charge in [-0.3, -0.25) is 9.36 Å². The molecule has 0 aliphatic carbocycles. The van der Waals surface area contributed by atoms with Crippen LogP contribution in [0.15, 0.2) is 18.7 Å². The third-order valence-corrected chi connectivity index (χ3v) is 1.51.